The molecule has 2 saturated heterocycles. The molecular weight excluding hydrogens is 354 g/mol. The van der Waals surface area contributed by atoms with Gasteiger partial charge in [0.1, 0.15) is 0 Å². The second kappa shape index (κ2) is 9.71. The summed E-state index contributed by atoms with van der Waals surface area (Å²) in [5, 5.41) is 3.01. The summed E-state index contributed by atoms with van der Waals surface area (Å²) < 4.78 is 0. The van der Waals surface area contributed by atoms with Crippen molar-refractivity contribution >= 4 is 17.7 Å². The zero-order valence-electron chi connectivity index (χ0n) is 16.7. The summed E-state index contributed by atoms with van der Waals surface area (Å²) in [4.78, 5) is 41.0. The van der Waals surface area contributed by atoms with E-state index in [0.717, 1.165) is 24.9 Å². The van der Waals surface area contributed by atoms with E-state index in [2.05, 4.69) is 5.32 Å². The van der Waals surface area contributed by atoms with Crippen molar-refractivity contribution in [3.8, 4) is 0 Å². The highest BCUT2D eigenvalue weighted by atomic mass is 16.2. The van der Waals surface area contributed by atoms with Crippen LogP contribution in [-0.4, -0.2) is 53.7 Å². The monoisotopic (exact) mass is 385 g/mol. The van der Waals surface area contributed by atoms with Gasteiger partial charge in [0.05, 0.1) is 5.92 Å². The molecule has 1 aromatic carbocycles. The van der Waals surface area contributed by atoms with Gasteiger partial charge in [0, 0.05) is 45.1 Å². The van der Waals surface area contributed by atoms with Crippen LogP contribution in [-0.2, 0) is 20.9 Å². The smallest absolute Gasteiger partial charge is 0.227 e. The van der Waals surface area contributed by atoms with E-state index < -0.39 is 0 Å². The van der Waals surface area contributed by atoms with Crippen LogP contribution in [0.25, 0.3) is 0 Å². The van der Waals surface area contributed by atoms with Gasteiger partial charge in [0.15, 0.2) is 0 Å². The van der Waals surface area contributed by atoms with Crippen LogP contribution in [0.4, 0.5) is 0 Å². The number of carbonyl (C=O) groups excluding carboxylic acids is 3. The number of carbonyl (C=O) groups is 3. The third-order valence-electron chi connectivity index (χ3n) is 5.91. The molecule has 2 aliphatic heterocycles. The molecule has 3 rings (SSSR count). The number of amides is 3. The van der Waals surface area contributed by atoms with E-state index in [-0.39, 0.29) is 29.6 Å². The highest BCUT2D eigenvalue weighted by Gasteiger charge is 2.33. The average molecular weight is 386 g/mol. The molecule has 0 saturated carbocycles. The molecular formula is C22H31N3O3. The summed E-state index contributed by atoms with van der Waals surface area (Å²) >= 11 is 0. The second-order valence-corrected chi connectivity index (χ2v) is 7.84. The number of piperidine rings is 2. The van der Waals surface area contributed by atoms with Crippen LogP contribution in [0.5, 0.6) is 0 Å². The Bertz CT molecular complexity index is 684. The zero-order chi connectivity index (χ0) is 19.9. The molecule has 28 heavy (non-hydrogen) atoms. The van der Waals surface area contributed by atoms with Crippen molar-refractivity contribution in [1.82, 2.24) is 15.1 Å². The summed E-state index contributed by atoms with van der Waals surface area (Å²) in [6.45, 7) is 4.97. The van der Waals surface area contributed by atoms with Crippen molar-refractivity contribution < 1.29 is 14.4 Å². The van der Waals surface area contributed by atoms with Crippen LogP contribution in [0.15, 0.2) is 30.3 Å². The molecule has 2 aliphatic rings. The molecule has 6 nitrogen and oxygen atoms in total. The Balaban J connectivity index is 1.44. The molecule has 2 fully saturated rings. The minimum absolute atomic E-state index is 0.0303. The Morgan fingerprint density at radius 2 is 1.68 bits per heavy atom. The first-order chi connectivity index (χ1) is 13.6. The molecule has 0 bridgehead atoms. The Kier molecular flexibility index (Phi) is 7.06. The summed E-state index contributed by atoms with van der Waals surface area (Å²) in [6.07, 6.45) is 3.64. The van der Waals surface area contributed by atoms with Gasteiger partial charge in [0.2, 0.25) is 17.7 Å². The van der Waals surface area contributed by atoms with Gasteiger partial charge in [-0.2, -0.15) is 0 Å². The topological polar surface area (TPSA) is 69.7 Å². The lowest BCUT2D eigenvalue weighted by Gasteiger charge is -2.37. The fourth-order valence-electron chi connectivity index (χ4n) is 4.18. The van der Waals surface area contributed by atoms with Crippen LogP contribution in [0.1, 0.15) is 44.6 Å². The van der Waals surface area contributed by atoms with Gasteiger partial charge < -0.3 is 15.1 Å². The number of nitrogens with zero attached hydrogens (tertiary/aromatic N) is 2. The number of benzene rings is 1. The fraction of sp³-hybridized carbons (Fsp3) is 0.591. The zero-order valence-corrected chi connectivity index (χ0v) is 16.7. The van der Waals surface area contributed by atoms with E-state index >= 15 is 0 Å². The van der Waals surface area contributed by atoms with E-state index in [4.69, 9.17) is 0 Å². The van der Waals surface area contributed by atoms with Gasteiger partial charge in [-0.1, -0.05) is 37.3 Å². The Morgan fingerprint density at radius 1 is 0.964 bits per heavy atom. The molecule has 3 amide bonds. The largest absolute Gasteiger partial charge is 0.352 e. The molecule has 1 atom stereocenters. The number of hydrogen-bond donors (Lipinski definition) is 1. The van der Waals surface area contributed by atoms with Gasteiger partial charge in [-0.05, 0) is 31.2 Å². The lowest BCUT2D eigenvalue weighted by molar-refractivity contribution is -0.143. The number of rotatable bonds is 5. The van der Waals surface area contributed by atoms with Gasteiger partial charge in [-0.25, -0.2) is 0 Å². The summed E-state index contributed by atoms with van der Waals surface area (Å²) in [6, 6.07) is 9.89. The van der Waals surface area contributed by atoms with Crippen LogP contribution < -0.4 is 5.32 Å². The lowest BCUT2D eigenvalue weighted by Crippen LogP contribution is -2.49. The molecule has 1 aromatic rings. The molecule has 2 heterocycles. The van der Waals surface area contributed by atoms with Crippen molar-refractivity contribution in [2.45, 2.75) is 45.6 Å². The number of nitrogens with one attached hydrogen (secondary N) is 1. The summed E-state index contributed by atoms with van der Waals surface area (Å²) in [5.74, 6) is 0.237. The summed E-state index contributed by atoms with van der Waals surface area (Å²) in [5.41, 5.74) is 1.09. The van der Waals surface area contributed by atoms with Crippen LogP contribution >= 0.6 is 0 Å². The Hall–Kier alpha value is -2.37. The minimum Gasteiger partial charge on any atom is -0.352 e. The van der Waals surface area contributed by atoms with E-state index in [0.29, 0.717) is 45.4 Å². The van der Waals surface area contributed by atoms with Gasteiger partial charge >= 0.3 is 0 Å². The van der Waals surface area contributed by atoms with Crippen molar-refractivity contribution in [3.63, 3.8) is 0 Å². The molecule has 0 spiro atoms. The third-order valence-corrected chi connectivity index (χ3v) is 5.91. The predicted molar refractivity (Wildman–Crippen MR) is 107 cm³/mol. The van der Waals surface area contributed by atoms with Crippen molar-refractivity contribution in [3.05, 3.63) is 35.9 Å². The number of likely N-dealkylation sites (tertiary alicyclic amines) is 2. The molecule has 1 N–H and O–H groups in total. The normalized spacial score (nSPS) is 20.7. The van der Waals surface area contributed by atoms with E-state index in [1.165, 1.54) is 0 Å². The van der Waals surface area contributed by atoms with Crippen LogP contribution in [0.3, 0.4) is 0 Å². The van der Waals surface area contributed by atoms with Gasteiger partial charge in [-0.15, -0.1) is 0 Å². The van der Waals surface area contributed by atoms with Crippen molar-refractivity contribution in [2.75, 3.05) is 26.2 Å². The van der Waals surface area contributed by atoms with Crippen LogP contribution in [0, 0.1) is 11.8 Å². The molecule has 152 valence electrons. The van der Waals surface area contributed by atoms with Crippen LogP contribution in [0.2, 0.25) is 0 Å². The van der Waals surface area contributed by atoms with E-state index in [1.807, 2.05) is 47.1 Å². The van der Waals surface area contributed by atoms with Gasteiger partial charge in [0.25, 0.3) is 0 Å². The van der Waals surface area contributed by atoms with Crippen molar-refractivity contribution in [1.29, 1.82) is 0 Å². The SMILES string of the molecule is CCC(=O)N1CCCC(C(=O)N2CCC(C(=O)NCc3ccccc3)CC2)C1. The first-order valence-corrected chi connectivity index (χ1v) is 10.5. The quantitative estimate of drug-likeness (QED) is 0.845. The summed E-state index contributed by atoms with van der Waals surface area (Å²) in [7, 11) is 0. The minimum atomic E-state index is -0.0901. The highest BCUT2D eigenvalue weighted by Crippen LogP contribution is 2.24. The molecule has 0 radical (unpaired) electrons. The first kappa shape index (κ1) is 20.4. The predicted octanol–water partition coefficient (Wildman–Crippen LogP) is 2.19. The molecule has 0 aromatic heterocycles. The second-order valence-electron chi connectivity index (χ2n) is 7.84. The molecule has 0 aliphatic carbocycles. The first-order valence-electron chi connectivity index (χ1n) is 10.5. The average Bonchev–Trinajstić information content (AvgIpc) is 2.77. The van der Waals surface area contributed by atoms with E-state index in [1.54, 1.807) is 0 Å². The molecule has 1 unspecified atom stereocenters. The maximum atomic E-state index is 12.9. The van der Waals surface area contributed by atoms with Crippen molar-refractivity contribution in [2.24, 2.45) is 11.8 Å². The Labute approximate surface area is 167 Å². The number of hydrogen-bond acceptors (Lipinski definition) is 3. The molecule has 6 heteroatoms. The lowest BCUT2D eigenvalue weighted by atomic mass is 9.92. The maximum absolute atomic E-state index is 12.9. The van der Waals surface area contributed by atoms with Gasteiger partial charge in [-0.3, -0.25) is 14.4 Å². The third kappa shape index (κ3) is 5.12. The van der Waals surface area contributed by atoms with E-state index in [9.17, 15) is 14.4 Å². The standard InChI is InChI=1S/C22H31N3O3/c1-2-20(26)25-12-6-9-19(16-25)22(28)24-13-10-18(11-14-24)21(27)23-15-17-7-4-3-5-8-17/h3-5,7-8,18-19H,2,6,9-16H2,1H3,(H,23,27). The fourth-order valence-corrected chi connectivity index (χ4v) is 4.18. The Morgan fingerprint density at radius 3 is 2.36 bits per heavy atom. The highest BCUT2D eigenvalue weighted by molar-refractivity contribution is 5.82. The maximum Gasteiger partial charge on any atom is 0.227 e.